The highest BCUT2D eigenvalue weighted by Crippen LogP contribution is 2.24. The summed E-state index contributed by atoms with van der Waals surface area (Å²) in [7, 11) is 1.88. The summed E-state index contributed by atoms with van der Waals surface area (Å²) in [5.74, 6) is 1.000. The number of fused-ring (bicyclic) bond motifs is 1. The summed E-state index contributed by atoms with van der Waals surface area (Å²) in [6.07, 6.45) is 0.267. The van der Waals surface area contributed by atoms with Crippen molar-refractivity contribution < 1.29 is 4.74 Å². The molecular weight excluding hydrogens is 465 g/mol. The summed E-state index contributed by atoms with van der Waals surface area (Å²) in [6, 6.07) is 11.2. The lowest BCUT2D eigenvalue weighted by molar-refractivity contribution is -0.0502. The Hall–Kier alpha value is -0.900. The van der Waals surface area contributed by atoms with Crippen LogP contribution in [0.25, 0.3) is 0 Å². The molecule has 2 heterocycles. The predicted molar refractivity (Wildman–Crippen MR) is 127 cm³/mol. The van der Waals surface area contributed by atoms with E-state index in [1.165, 1.54) is 5.56 Å². The summed E-state index contributed by atoms with van der Waals surface area (Å²) in [6.45, 7) is 13.3. The van der Waals surface area contributed by atoms with Crippen molar-refractivity contribution in [2.24, 2.45) is 4.99 Å². The van der Waals surface area contributed by atoms with Gasteiger partial charge in [-0.2, -0.15) is 0 Å². The maximum Gasteiger partial charge on any atom is 0.193 e. The maximum absolute atomic E-state index is 6.10. The Morgan fingerprint density at radius 2 is 1.96 bits per heavy atom. The molecule has 1 aromatic rings. The molecule has 1 aromatic carbocycles. The van der Waals surface area contributed by atoms with E-state index in [2.05, 4.69) is 69.2 Å². The summed E-state index contributed by atoms with van der Waals surface area (Å²) >= 11 is 0. The highest BCUT2D eigenvalue weighted by Gasteiger charge is 2.41. The van der Waals surface area contributed by atoms with Crippen LogP contribution in [0, 0.1) is 0 Å². The average Bonchev–Trinajstić information content (AvgIpc) is 3.14. The highest BCUT2D eigenvalue weighted by atomic mass is 127. The number of ether oxygens (including phenoxy) is 1. The molecule has 0 bridgehead atoms. The van der Waals surface area contributed by atoms with Crippen molar-refractivity contribution in [3.05, 3.63) is 35.9 Å². The molecule has 7 heteroatoms. The van der Waals surface area contributed by atoms with Crippen molar-refractivity contribution in [2.45, 2.75) is 32.5 Å². The molecule has 0 saturated carbocycles. The van der Waals surface area contributed by atoms with Gasteiger partial charge < -0.3 is 19.9 Å². The Balaban J connectivity index is 0.00000280. The molecule has 28 heavy (non-hydrogen) atoms. The van der Waals surface area contributed by atoms with Gasteiger partial charge in [0, 0.05) is 46.3 Å². The number of hydrogen-bond donors (Lipinski definition) is 1. The molecule has 3 rings (SSSR count). The monoisotopic (exact) mass is 501 g/mol. The fourth-order valence-corrected chi connectivity index (χ4v) is 4.14. The van der Waals surface area contributed by atoms with Crippen molar-refractivity contribution in [1.29, 1.82) is 0 Å². The van der Waals surface area contributed by atoms with Crippen LogP contribution in [-0.4, -0.2) is 92.3 Å². The number of likely N-dealkylation sites (tertiary alicyclic amines) is 1. The standard InChI is InChI=1S/C21H35N5O.HI/c1-4-24(5-2)12-11-23-21(22-3)26-16-19-20(17-26)27-14-13-25(19)15-18-9-7-6-8-10-18;/h6-10,19-20H,4-5,11-17H2,1-3H3,(H,22,23);1H. The molecule has 1 N–H and O–H groups in total. The molecule has 2 atom stereocenters. The molecule has 2 unspecified atom stereocenters. The van der Waals surface area contributed by atoms with Gasteiger partial charge in [0.1, 0.15) is 0 Å². The van der Waals surface area contributed by atoms with E-state index in [0.717, 1.165) is 64.9 Å². The Morgan fingerprint density at radius 3 is 2.64 bits per heavy atom. The molecule has 2 saturated heterocycles. The van der Waals surface area contributed by atoms with Gasteiger partial charge in [-0.3, -0.25) is 9.89 Å². The zero-order valence-corrected chi connectivity index (χ0v) is 19.8. The normalized spacial score (nSPS) is 22.9. The Labute approximate surface area is 187 Å². The van der Waals surface area contributed by atoms with Crippen LogP contribution in [0.4, 0.5) is 0 Å². The van der Waals surface area contributed by atoms with Crippen LogP contribution in [-0.2, 0) is 11.3 Å². The van der Waals surface area contributed by atoms with Crippen LogP contribution in [0.2, 0.25) is 0 Å². The van der Waals surface area contributed by atoms with E-state index in [0.29, 0.717) is 6.04 Å². The number of nitrogens with one attached hydrogen (secondary N) is 1. The Morgan fingerprint density at radius 1 is 1.21 bits per heavy atom. The van der Waals surface area contributed by atoms with Crippen LogP contribution in [0.15, 0.2) is 35.3 Å². The minimum absolute atomic E-state index is 0. The van der Waals surface area contributed by atoms with Crippen molar-refractivity contribution in [1.82, 2.24) is 20.0 Å². The average molecular weight is 501 g/mol. The lowest BCUT2D eigenvalue weighted by Crippen LogP contribution is -2.50. The van der Waals surface area contributed by atoms with Crippen molar-refractivity contribution >= 4 is 29.9 Å². The maximum atomic E-state index is 6.10. The first-order valence-corrected chi connectivity index (χ1v) is 10.3. The fraction of sp³-hybridized carbons (Fsp3) is 0.667. The minimum Gasteiger partial charge on any atom is -0.373 e. The number of benzene rings is 1. The van der Waals surface area contributed by atoms with Crippen LogP contribution in [0.5, 0.6) is 0 Å². The highest BCUT2D eigenvalue weighted by molar-refractivity contribution is 14.0. The van der Waals surface area contributed by atoms with Crippen molar-refractivity contribution in [3.8, 4) is 0 Å². The van der Waals surface area contributed by atoms with Gasteiger partial charge in [0.05, 0.1) is 18.8 Å². The van der Waals surface area contributed by atoms with E-state index < -0.39 is 0 Å². The third kappa shape index (κ3) is 6.05. The van der Waals surface area contributed by atoms with Gasteiger partial charge in [-0.15, -0.1) is 24.0 Å². The molecule has 2 aliphatic rings. The number of nitrogens with zero attached hydrogens (tertiary/aromatic N) is 4. The quantitative estimate of drug-likeness (QED) is 0.352. The van der Waals surface area contributed by atoms with Gasteiger partial charge in [0.25, 0.3) is 0 Å². The molecule has 2 fully saturated rings. The van der Waals surface area contributed by atoms with Gasteiger partial charge in [0.15, 0.2) is 5.96 Å². The summed E-state index contributed by atoms with van der Waals surface area (Å²) < 4.78 is 6.10. The number of aliphatic imine (C=N–C) groups is 1. The molecule has 0 amide bonds. The SMILES string of the molecule is CCN(CC)CCNC(=NC)N1CC2OCCN(Cc3ccccc3)C2C1.I. The van der Waals surface area contributed by atoms with Gasteiger partial charge in [-0.25, -0.2) is 0 Å². The largest absolute Gasteiger partial charge is 0.373 e. The van der Waals surface area contributed by atoms with Crippen LogP contribution >= 0.6 is 24.0 Å². The third-order valence-electron chi connectivity index (χ3n) is 5.76. The van der Waals surface area contributed by atoms with E-state index in [-0.39, 0.29) is 30.1 Å². The van der Waals surface area contributed by atoms with Gasteiger partial charge in [-0.05, 0) is 18.7 Å². The molecule has 0 aromatic heterocycles. The first-order valence-electron chi connectivity index (χ1n) is 10.3. The lowest BCUT2D eigenvalue weighted by atomic mass is 10.1. The number of halogens is 1. The number of hydrogen-bond acceptors (Lipinski definition) is 4. The zero-order chi connectivity index (χ0) is 19.1. The number of likely N-dealkylation sites (N-methyl/N-ethyl adjacent to an activating group) is 1. The number of morpholine rings is 1. The molecule has 0 spiro atoms. The van der Waals surface area contributed by atoms with E-state index in [4.69, 9.17) is 4.74 Å². The van der Waals surface area contributed by atoms with E-state index in [1.807, 2.05) is 7.05 Å². The first-order chi connectivity index (χ1) is 13.2. The molecule has 6 nitrogen and oxygen atoms in total. The number of guanidine groups is 1. The molecule has 158 valence electrons. The van der Waals surface area contributed by atoms with Crippen molar-refractivity contribution in [2.75, 3.05) is 59.5 Å². The van der Waals surface area contributed by atoms with Crippen molar-refractivity contribution in [3.63, 3.8) is 0 Å². The predicted octanol–water partition coefficient (Wildman–Crippen LogP) is 2.11. The summed E-state index contributed by atoms with van der Waals surface area (Å²) in [5.41, 5.74) is 1.37. The second kappa shape index (κ2) is 11.9. The van der Waals surface area contributed by atoms with Gasteiger partial charge in [0.2, 0.25) is 0 Å². The Kier molecular flexibility index (Phi) is 9.98. The van der Waals surface area contributed by atoms with E-state index >= 15 is 0 Å². The summed E-state index contributed by atoms with van der Waals surface area (Å²) in [4.78, 5) is 11.9. The molecule has 0 aliphatic carbocycles. The molecular formula is C21H36IN5O. The van der Waals surface area contributed by atoms with Gasteiger partial charge >= 0.3 is 0 Å². The Bertz CT molecular complexity index is 596. The minimum atomic E-state index is 0. The second-order valence-corrected chi connectivity index (χ2v) is 7.34. The fourth-order valence-electron chi connectivity index (χ4n) is 4.14. The summed E-state index contributed by atoms with van der Waals surface area (Å²) in [5, 5.41) is 3.54. The van der Waals surface area contributed by atoms with Crippen LogP contribution in [0.1, 0.15) is 19.4 Å². The number of rotatable bonds is 7. The topological polar surface area (TPSA) is 43.3 Å². The zero-order valence-electron chi connectivity index (χ0n) is 17.5. The van der Waals surface area contributed by atoms with Crippen LogP contribution < -0.4 is 5.32 Å². The van der Waals surface area contributed by atoms with Crippen LogP contribution in [0.3, 0.4) is 0 Å². The van der Waals surface area contributed by atoms with E-state index in [9.17, 15) is 0 Å². The van der Waals surface area contributed by atoms with Gasteiger partial charge in [-0.1, -0.05) is 44.2 Å². The smallest absolute Gasteiger partial charge is 0.193 e. The third-order valence-corrected chi connectivity index (χ3v) is 5.76. The molecule has 2 aliphatic heterocycles. The lowest BCUT2D eigenvalue weighted by Gasteiger charge is -2.36. The van der Waals surface area contributed by atoms with E-state index in [1.54, 1.807) is 0 Å². The first kappa shape index (κ1) is 23.4. The molecule has 0 radical (unpaired) electrons. The second-order valence-electron chi connectivity index (χ2n) is 7.34.